The Labute approximate surface area is 122 Å². The molecule has 6 nitrogen and oxygen atoms in total. The number of oxazole rings is 1. The number of hydrogen-bond donors (Lipinski definition) is 2. The van der Waals surface area contributed by atoms with Gasteiger partial charge >= 0.3 is 0 Å². The van der Waals surface area contributed by atoms with Crippen molar-refractivity contribution >= 4 is 23.2 Å². The predicted molar refractivity (Wildman–Crippen MR) is 79.1 cm³/mol. The highest BCUT2D eigenvalue weighted by atomic mass is 16.4. The molecule has 0 spiro atoms. The van der Waals surface area contributed by atoms with Gasteiger partial charge in [0.15, 0.2) is 5.89 Å². The molecule has 0 bridgehead atoms. The lowest BCUT2D eigenvalue weighted by Crippen LogP contribution is -2.15. The maximum absolute atomic E-state index is 12.0. The molecule has 0 saturated heterocycles. The van der Waals surface area contributed by atoms with Crippen LogP contribution in [0.2, 0.25) is 0 Å². The SMILES string of the molecule is CC(=O)Nc1cccc(NC(=O)Cc2oc(C)nc2C)c1. The Hall–Kier alpha value is -2.63. The zero-order valence-corrected chi connectivity index (χ0v) is 12.2. The molecule has 0 saturated carbocycles. The van der Waals surface area contributed by atoms with E-state index < -0.39 is 0 Å². The molecule has 110 valence electrons. The third-order valence-corrected chi connectivity index (χ3v) is 2.79. The second kappa shape index (κ2) is 6.21. The van der Waals surface area contributed by atoms with Crippen LogP contribution in [0.25, 0.3) is 0 Å². The number of nitrogens with one attached hydrogen (secondary N) is 2. The lowest BCUT2D eigenvalue weighted by atomic mass is 10.2. The third kappa shape index (κ3) is 4.17. The van der Waals surface area contributed by atoms with E-state index in [0.29, 0.717) is 23.0 Å². The zero-order valence-electron chi connectivity index (χ0n) is 12.2. The van der Waals surface area contributed by atoms with Crippen LogP contribution in [-0.4, -0.2) is 16.8 Å². The minimum atomic E-state index is -0.200. The summed E-state index contributed by atoms with van der Waals surface area (Å²) in [5.74, 6) is 0.742. The maximum Gasteiger partial charge on any atom is 0.232 e. The molecule has 2 N–H and O–H groups in total. The molecule has 0 aliphatic rings. The van der Waals surface area contributed by atoms with Crippen molar-refractivity contribution in [2.75, 3.05) is 10.6 Å². The van der Waals surface area contributed by atoms with Crippen LogP contribution in [0.5, 0.6) is 0 Å². The first-order valence-corrected chi connectivity index (χ1v) is 6.54. The van der Waals surface area contributed by atoms with E-state index in [9.17, 15) is 9.59 Å². The quantitative estimate of drug-likeness (QED) is 0.904. The standard InChI is InChI=1S/C15H17N3O3/c1-9-14(21-11(3)16-9)8-15(20)18-13-6-4-5-12(7-13)17-10(2)19/h4-7H,8H2,1-3H3,(H,17,19)(H,18,20). The van der Waals surface area contributed by atoms with Gasteiger partial charge in [0.2, 0.25) is 11.8 Å². The summed E-state index contributed by atoms with van der Waals surface area (Å²) in [4.78, 5) is 27.1. The molecule has 1 aromatic carbocycles. The Morgan fingerprint density at radius 3 is 2.43 bits per heavy atom. The van der Waals surface area contributed by atoms with Crippen molar-refractivity contribution in [1.82, 2.24) is 4.98 Å². The first-order chi connectivity index (χ1) is 9.94. The van der Waals surface area contributed by atoms with Crippen LogP contribution in [0.3, 0.4) is 0 Å². The molecule has 0 radical (unpaired) electrons. The summed E-state index contributed by atoms with van der Waals surface area (Å²) in [6.45, 7) is 4.97. The van der Waals surface area contributed by atoms with Crippen molar-refractivity contribution in [3.63, 3.8) is 0 Å². The van der Waals surface area contributed by atoms with E-state index in [0.717, 1.165) is 5.69 Å². The molecule has 6 heteroatoms. The average Bonchev–Trinajstić information content (AvgIpc) is 2.67. The van der Waals surface area contributed by atoms with E-state index >= 15 is 0 Å². The van der Waals surface area contributed by atoms with Gasteiger partial charge in [0.1, 0.15) is 5.76 Å². The minimum absolute atomic E-state index is 0.122. The number of aromatic nitrogens is 1. The van der Waals surface area contributed by atoms with E-state index in [1.165, 1.54) is 6.92 Å². The van der Waals surface area contributed by atoms with Crippen molar-refractivity contribution in [1.29, 1.82) is 0 Å². The summed E-state index contributed by atoms with van der Waals surface area (Å²) in [5.41, 5.74) is 1.96. The van der Waals surface area contributed by atoms with Gasteiger partial charge in [-0.15, -0.1) is 0 Å². The Morgan fingerprint density at radius 2 is 1.86 bits per heavy atom. The van der Waals surface area contributed by atoms with Gasteiger partial charge in [0.05, 0.1) is 12.1 Å². The Kier molecular flexibility index (Phi) is 4.37. The molecular formula is C15H17N3O3. The molecule has 0 fully saturated rings. The van der Waals surface area contributed by atoms with Gasteiger partial charge < -0.3 is 15.1 Å². The molecule has 1 aromatic heterocycles. The second-order valence-electron chi connectivity index (χ2n) is 4.73. The summed E-state index contributed by atoms with van der Waals surface area (Å²) in [6, 6.07) is 6.95. The van der Waals surface area contributed by atoms with Crippen molar-refractivity contribution in [2.24, 2.45) is 0 Å². The first-order valence-electron chi connectivity index (χ1n) is 6.54. The fraction of sp³-hybridized carbons (Fsp3) is 0.267. The summed E-state index contributed by atoms with van der Waals surface area (Å²) < 4.78 is 5.37. The van der Waals surface area contributed by atoms with E-state index in [2.05, 4.69) is 15.6 Å². The van der Waals surface area contributed by atoms with E-state index in [4.69, 9.17) is 4.42 Å². The Bertz CT molecular complexity index is 677. The number of carbonyl (C=O) groups is 2. The van der Waals surface area contributed by atoms with Crippen molar-refractivity contribution < 1.29 is 14.0 Å². The van der Waals surface area contributed by atoms with E-state index in [-0.39, 0.29) is 18.2 Å². The lowest BCUT2D eigenvalue weighted by Gasteiger charge is -2.07. The summed E-state index contributed by atoms with van der Waals surface area (Å²) in [6.07, 6.45) is 0.122. The number of anilines is 2. The van der Waals surface area contributed by atoms with Gasteiger partial charge in [-0.25, -0.2) is 4.98 Å². The highest BCUT2D eigenvalue weighted by Crippen LogP contribution is 2.16. The zero-order chi connectivity index (χ0) is 15.4. The van der Waals surface area contributed by atoms with Gasteiger partial charge in [-0.2, -0.15) is 0 Å². The van der Waals surface area contributed by atoms with E-state index in [1.807, 2.05) is 0 Å². The van der Waals surface area contributed by atoms with Crippen molar-refractivity contribution in [2.45, 2.75) is 27.2 Å². The van der Waals surface area contributed by atoms with Gasteiger partial charge in [-0.05, 0) is 25.1 Å². The lowest BCUT2D eigenvalue weighted by molar-refractivity contribution is -0.116. The number of aryl methyl sites for hydroxylation is 2. The van der Waals surface area contributed by atoms with Gasteiger partial charge in [-0.1, -0.05) is 6.07 Å². The Balaban J connectivity index is 2.02. The molecular weight excluding hydrogens is 270 g/mol. The van der Waals surface area contributed by atoms with Crippen molar-refractivity contribution in [3.8, 4) is 0 Å². The molecule has 0 unspecified atom stereocenters. The molecule has 0 atom stereocenters. The van der Waals surface area contributed by atoms with Crippen LogP contribution in [0.1, 0.15) is 24.3 Å². The highest BCUT2D eigenvalue weighted by molar-refractivity contribution is 5.94. The number of amides is 2. The Morgan fingerprint density at radius 1 is 1.19 bits per heavy atom. The smallest absolute Gasteiger partial charge is 0.232 e. The van der Waals surface area contributed by atoms with Crippen LogP contribution in [-0.2, 0) is 16.0 Å². The second-order valence-corrected chi connectivity index (χ2v) is 4.73. The minimum Gasteiger partial charge on any atom is -0.445 e. The average molecular weight is 287 g/mol. The molecule has 0 aliphatic carbocycles. The third-order valence-electron chi connectivity index (χ3n) is 2.79. The monoisotopic (exact) mass is 287 g/mol. The molecule has 0 aliphatic heterocycles. The van der Waals surface area contributed by atoms with Gasteiger partial charge in [-0.3, -0.25) is 9.59 Å². The largest absolute Gasteiger partial charge is 0.445 e. The fourth-order valence-corrected chi connectivity index (χ4v) is 1.97. The summed E-state index contributed by atoms with van der Waals surface area (Å²) >= 11 is 0. The molecule has 2 amide bonds. The van der Waals surface area contributed by atoms with Crippen LogP contribution in [0.15, 0.2) is 28.7 Å². The summed E-state index contributed by atoms with van der Waals surface area (Å²) in [7, 11) is 0. The molecule has 1 heterocycles. The van der Waals surface area contributed by atoms with Gasteiger partial charge in [0, 0.05) is 25.2 Å². The van der Waals surface area contributed by atoms with Crippen LogP contribution in [0, 0.1) is 13.8 Å². The predicted octanol–water partition coefficient (Wildman–Crippen LogP) is 2.43. The number of hydrogen-bond acceptors (Lipinski definition) is 4. The van der Waals surface area contributed by atoms with Crippen molar-refractivity contribution in [3.05, 3.63) is 41.6 Å². The number of nitrogens with zero attached hydrogens (tertiary/aromatic N) is 1. The molecule has 2 rings (SSSR count). The fourth-order valence-electron chi connectivity index (χ4n) is 1.97. The molecule has 21 heavy (non-hydrogen) atoms. The van der Waals surface area contributed by atoms with E-state index in [1.54, 1.807) is 38.1 Å². The number of carbonyl (C=O) groups excluding carboxylic acids is 2. The van der Waals surface area contributed by atoms with Crippen LogP contribution >= 0.6 is 0 Å². The van der Waals surface area contributed by atoms with Crippen LogP contribution < -0.4 is 10.6 Å². The maximum atomic E-state index is 12.0. The number of benzene rings is 1. The van der Waals surface area contributed by atoms with Crippen LogP contribution in [0.4, 0.5) is 11.4 Å². The normalized spacial score (nSPS) is 10.2. The van der Waals surface area contributed by atoms with Gasteiger partial charge in [0.25, 0.3) is 0 Å². The first kappa shape index (κ1) is 14.8. The summed E-state index contributed by atoms with van der Waals surface area (Å²) in [5, 5.41) is 5.42. The molecule has 2 aromatic rings. The number of rotatable bonds is 4. The highest BCUT2D eigenvalue weighted by Gasteiger charge is 2.12. The topological polar surface area (TPSA) is 84.2 Å².